The fraction of sp³-hybridized carbons (Fsp3) is 0.438. The van der Waals surface area contributed by atoms with E-state index in [-0.39, 0.29) is 24.7 Å². The molecule has 0 radical (unpaired) electrons. The largest absolute Gasteiger partial charge is 0.469 e. The normalized spacial score (nSPS) is 18.7. The van der Waals surface area contributed by atoms with Gasteiger partial charge in [0, 0.05) is 25.0 Å². The third-order valence-corrected chi connectivity index (χ3v) is 4.25. The van der Waals surface area contributed by atoms with Crippen molar-refractivity contribution in [1.29, 1.82) is 0 Å². The van der Waals surface area contributed by atoms with Gasteiger partial charge in [-0.15, -0.1) is 0 Å². The molecule has 2 atom stereocenters. The number of hydrogen-bond donors (Lipinski definition) is 1. The number of carbonyl (C=O) groups excluding carboxylic acids is 3. The molecule has 0 aliphatic carbocycles. The Labute approximate surface area is 139 Å². The lowest BCUT2D eigenvalue weighted by Gasteiger charge is -2.21. The van der Waals surface area contributed by atoms with Crippen molar-refractivity contribution in [2.75, 3.05) is 20.7 Å². The van der Waals surface area contributed by atoms with Crippen molar-refractivity contribution in [2.45, 2.75) is 18.9 Å². The van der Waals surface area contributed by atoms with E-state index in [0.29, 0.717) is 17.1 Å². The predicted octanol–water partition coefficient (Wildman–Crippen LogP) is 1.54. The highest BCUT2D eigenvalue weighted by Gasteiger charge is 2.33. The Bertz CT molecular complexity index is 620. The van der Waals surface area contributed by atoms with Gasteiger partial charge < -0.3 is 15.0 Å². The number of rotatable bonds is 5. The molecule has 1 aromatic carbocycles. The highest BCUT2D eigenvalue weighted by Crippen LogP contribution is 2.26. The van der Waals surface area contributed by atoms with Crippen LogP contribution in [0.15, 0.2) is 24.3 Å². The number of halogens is 1. The minimum atomic E-state index is -0.593. The zero-order valence-electron chi connectivity index (χ0n) is 13.0. The molecular weight excluding hydrogens is 320 g/mol. The first-order valence-corrected chi connectivity index (χ1v) is 7.65. The smallest absolute Gasteiger partial charge is 0.307 e. The summed E-state index contributed by atoms with van der Waals surface area (Å²) >= 11 is 6.17. The quantitative estimate of drug-likeness (QED) is 0.826. The Balaban J connectivity index is 2.15. The first-order valence-electron chi connectivity index (χ1n) is 7.28. The lowest BCUT2D eigenvalue weighted by Crippen LogP contribution is -2.36. The van der Waals surface area contributed by atoms with E-state index in [1.54, 1.807) is 31.3 Å². The van der Waals surface area contributed by atoms with Gasteiger partial charge in [-0.3, -0.25) is 14.4 Å². The third kappa shape index (κ3) is 4.22. The number of carbonyl (C=O) groups is 3. The maximum atomic E-state index is 12.4. The summed E-state index contributed by atoms with van der Waals surface area (Å²) in [4.78, 5) is 37.1. The molecule has 1 N–H and O–H groups in total. The molecule has 23 heavy (non-hydrogen) atoms. The topological polar surface area (TPSA) is 75.7 Å². The summed E-state index contributed by atoms with van der Waals surface area (Å²) in [7, 11) is 2.95. The fourth-order valence-corrected chi connectivity index (χ4v) is 2.84. The van der Waals surface area contributed by atoms with Crippen LogP contribution >= 0.6 is 11.6 Å². The molecule has 1 aromatic rings. The molecule has 0 spiro atoms. The molecule has 0 bridgehead atoms. The van der Waals surface area contributed by atoms with E-state index in [4.69, 9.17) is 11.6 Å². The number of amides is 2. The van der Waals surface area contributed by atoms with E-state index in [2.05, 4.69) is 10.1 Å². The lowest BCUT2D eigenvalue weighted by molar-refractivity contribution is -0.141. The van der Waals surface area contributed by atoms with Gasteiger partial charge in [0.15, 0.2) is 0 Å². The van der Waals surface area contributed by atoms with Crippen LogP contribution in [-0.4, -0.2) is 43.4 Å². The fourth-order valence-electron chi connectivity index (χ4n) is 2.58. The number of likely N-dealkylation sites (tertiary alicyclic amines) is 1. The van der Waals surface area contributed by atoms with Crippen molar-refractivity contribution in [3.63, 3.8) is 0 Å². The molecule has 6 nitrogen and oxygen atoms in total. The van der Waals surface area contributed by atoms with Crippen LogP contribution in [0.2, 0.25) is 5.02 Å². The van der Waals surface area contributed by atoms with Gasteiger partial charge in [0.05, 0.1) is 25.5 Å². The molecule has 1 aliphatic rings. The molecule has 1 saturated heterocycles. The van der Waals surface area contributed by atoms with E-state index < -0.39 is 17.9 Å². The van der Waals surface area contributed by atoms with E-state index >= 15 is 0 Å². The number of esters is 1. The summed E-state index contributed by atoms with van der Waals surface area (Å²) in [6.45, 7) is 0.373. The summed E-state index contributed by atoms with van der Waals surface area (Å²) in [5.74, 6) is -1.20. The first-order chi connectivity index (χ1) is 10.9. The van der Waals surface area contributed by atoms with Crippen LogP contribution in [0.4, 0.5) is 0 Å². The van der Waals surface area contributed by atoms with E-state index in [9.17, 15) is 14.4 Å². The highest BCUT2D eigenvalue weighted by atomic mass is 35.5. The number of benzene rings is 1. The maximum absolute atomic E-state index is 12.4. The number of hydrogen-bond acceptors (Lipinski definition) is 4. The molecule has 2 amide bonds. The second-order valence-electron chi connectivity index (χ2n) is 5.54. The molecule has 0 aromatic heterocycles. The Morgan fingerprint density at radius 2 is 2.13 bits per heavy atom. The van der Waals surface area contributed by atoms with Crippen LogP contribution in [0.1, 0.15) is 24.4 Å². The van der Waals surface area contributed by atoms with Crippen molar-refractivity contribution >= 4 is 29.4 Å². The number of nitrogens with one attached hydrogen (secondary N) is 1. The van der Waals surface area contributed by atoms with Gasteiger partial charge in [0.25, 0.3) is 0 Å². The van der Waals surface area contributed by atoms with Gasteiger partial charge in [0.1, 0.15) is 0 Å². The van der Waals surface area contributed by atoms with Crippen LogP contribution in [-0.2, 0) is 19.1 Å². The third-order valence-electron chi connectivity index (χ3n) is 3.91. The van der Waals surface area contributed by atoms with Crippen LogP contribution in [0.5, 0.6) is 0 Å². The van der Waals surface area contributed by atoms with Gasteiger partial charge >= 0.3 is 5.97 Å². The number of methoxy groups -OCH3 is 1. The standard InChI is InChI=1S/C16H19ClN2O4/c1-19-9-10(7-14(19)20)16(22)18-13(8-15(21)23-2)11-5-3-4-6-12(11)17/h3-6,10,13H,7-9H2,1-2H3,(H,18,22)/t10-,13+/m1/s1. The maximum Gasteiger partial charge on any atom is 0.307 e. The lowest BCUT2D eigenvalue weighted by atomic mass is 10.0. The average molecular weight is 339 g/mol. The minimum absolute atomic E-state index is 0.0253. The Morgan fingerprint density at radius 1 is 1.43 bits per heavy atom. The summed E-state index contributed by atoms with van der Waals surface area (Å²) in [6, 6.07) is 6.41. The van der Waals surface area contributed by atoms with Crippen molar-refractivity contribution in [3.8, 4) is 0 Å². The first kappa shape index (κ1) is 17.3. The van der Waals surface area contributed by atoms with Gasteiger partial charge in [0.2, 0.25) is 11.8 Å². The highest BCUT2D eigenvalue weighted by molar-refractivity contribution is 6.31. The number of ether oxygens (including phenoxy) is 1. The molecule has 2 rings (SSSR count). The van der Waals surface area contributed by atoms with Crippen LogP contribution < -0.4 is 5.32 Å². The Hall–Kier alpha value is -2.08. The Kier molecular flexibility index (Phi) is 5.60. The predicted molar refractivity (Wildman–Crippen MR) is 84.7 cm³/mol. The van der Waals surface area contributed by atoms with Crippen LogP contribution in [0, 0.1) is 5.92 Å². The van der Waals surface area contributed by atoms with Crippen LogP contribution in [0.3, 0.4) is 0 Å². The molecule has 1 aliphatic heterocycles. The van der Waals surface area contributed by atoms with Crippen molar-refractivity contribution in [2.24, 2.45) is 5.92 Å². The van der Waals surface area contributed by atoms with Gasteiger partial charge in [-0.05, 0) is 11.6 Å². The SMILES string of the molecule is COC(=O)C[C@H](NC(=O)[C@@H]1CC(=O)N(C)C1)c1ccccc1Cl. The summed E-state index contributed by atoms with van der Waals surface area (Å²) in [5, 5.41) is 3.28. The molecule has 124 valence electrons. The molecule has 0 saturated carbocycles. The van der Waals surface area contributed by atoms with E-state index in [0.717, 1.165) is 0 Å². The van der Waals surface area contributed by atoms with Crippen molar-refractivity contribution in [1.82, 2.24) is 10.2 Å². The number of nitrogens with zero attached hydrogens (tertiary/aromatic N) is 1. The Morgan fingerprint density at radius 3 is 2.70 bits per heavy atom. The van der Waals surface area contributed by atoms with Gasteiger partial charge in [-0.2, -0.15) is 0 Å². The summed E-state index contributed by atoms with van der Waals surface area (Å²) < 4.78 is 4.69. The zero-order valence-corrected chi connectivity index (χ0v) is 13.8. The second kappa shape index (κ2) is 7.46. The molecule has 0 unspecified atom stereocenters. The molecule has 1 fully saturated rings. The monoisotopic (exact) mass is 338 g/mol. The van der Waals surface area contributed by atoms with Crippen molar-refractivity contribution in [3.05, 3.63) is 34.9 Å². The second-order valence-corrected chi connectivity index (χ2v) is 5.95. The van der Waals surface area contributed by atoms with E-state index in [1.165, 1.54) is 12.0 Å². The average Bonchev–Trinajstić information content (AvgIpc) is 2.86. The summed E-state index contributed by atoms with van der Waals surface area (Å²) in [6.07, 6.45) is 0.151. The van der Waals surface area contributed by atoms with E-state index in [1.807, 2.05) is 0 Å². The van der Waals surface area contributed by atoms with Crippen LogP contribution in [0.25, 0.3) is 0 Å². The summed E-state index contributed by atoms with van der Waals surface area (Å²) in [5.41, 5.74) is 0.644. The molecular formula is C16H19ClN2O4. The van der Waals surface area contributed by atoms with Gasteiger partial charge in [-0.1, -0.05) is 29.8 Å². The minimum Gasteiger partial charge on any atom is -0.469 e. The van der Waals surface area contributed by atoms with Gasteiger partial charge in [-0.25, -0.2) is 0 Å². The van der Waals surface area contributed by atoms with Crippen molar-refractivity contribution < 1.29 is 19.1 Å². The molecule has 1 heterocycles. The zero-order chi connectivity index (χ0) is 17.0. The molecule has 7 heteroatoms.